The van der Waals surface area contributed by atoms with Gasteiger partial charge in [-0.3, -0.25) is 15.1 Å². The molecule has 2 rings (SSSR count). The molecule has 0 spiro atoms. The zero-order valence-electron chi connectivity index (χ0n) is 12.4. The van der Waals surface area contributed by atoms with Gasteiger partial charge in [-0.1, -0.05) is 57.5 Å². The predicted octanol–water partition coefficient (Wildman–Crippen LogP) is 2.41. The first-order valence-electron chi connectivity index (χ1n) is 7.28. The molecule has 1 heterocycles. The minimum atomic E-state index is -0.675. The van der Waals surface area contributed by atoms with Crippen LogP contribution in [0.3, 0.4) is 0 Å². The molecule has 2 N–H and O–H groups in total. The molecule has 0 bridgehead atoms. The summed E-state index contributed by atoms with van der Waals surface area (Å²) in [5.74, 6) is 1.06. The SMILES string of the molecule is CCCC1(c2ccccc2)NC(=NCC(C)C)NC1=O. The van der Waals surface area contributed by atoms with E-state index in [1.54, 1.807) is 0 Å². The van der Waals surface area contributed by atoms with Gasteiger partial charge in [-0.2, -0.15) is 0 Å². The maximum Gasteiger partial charge on any atom is 0.257 e. The number of hydrogen-bond donors (Lipinski definition) is 2. The Balaban J connectivity index is 2.30. The number of carbonyl (C=O) groups excluding carboxylic acids is 1. The molecular weight excluding hydrogens is 250 g/mol. The van der Waals surface area contributed by atoms with Crippen LogP contribution in [0.4, 0.5) is 0 Å². The molecule has 20 heavy (non-hydrogen) atoms. The molecule has 0 aromatic heterocycles. The Hall–Kier alpha value is -1.84. The van der Waals surface area contributed by atoms with E-state index in [9.17, 15) is 4.79 Å². The second kappa shape index (κ2) is 6.07. The van der Waals surface area contributed by atoms with Crippen molar-refractivity contribution in [2.24, 2.45) is 10.9 Å². The lowest BCUT2D eigenvalue weighted by Gasteiger charge is -2.26. The summed E-state index contributed by atoms with van der Waals surface area (Å²) in [6.45, 7) is 7.01. The van der Waals surface area contributed by atoms with Crippen molar-refractivity contribution in [2.75, 3.05) is 6.54 Å². The van der Waals surface area contributed by atoms with Gasteiger partial charge in [0.15, 0.2) is 5.96 Å². The maximum absolute atomic E-state index is 12.5. The lowest BCUT2D eigenvalue weighted by atomic mass is 9.86. The quantitative estimate of drug-likeness (QED) is 0.865. The molecular formula is C16H23N3O. The van der Waals surface area contributed by atoms with Gasteiger partial charge in [-0.05, 0) is 17.9 Å². The van der Waals surface area contributed by atoms with Gasteiger partial charge in [0.25, 0.3) is 5.91 Å². The highest BCUT2D eigenvalue weighted by Crippen LogP contribution is 2.29. The maximum atomic E-state index is 12.5. The number of guanidine groups is 1. The fourth-order valence-corrected chi connectivity index (χ4v) is 2.48. The molecule has 0 radical (unpaired) electrons. The van der Waals surface area contributed by atoms with Crippen molar-refractivity contribution in [3.63, 3.8) is 0 Å². The third kappa shape index (κ3) is 2.84. The van der Waals surface area contributed by atoms with Crippen molar-refractivity contribution in [2.45, 2.75) is 39.2 Å². The normalized spacial score (nSPS) is 24.0. The topological polar surface area (TPSA) is 53.5 Å². The van der Waals surface area contributed by atoms with Gasteiger partial charge in [0.1, 0.15) is 5.54 Å². The average molecular weight is 273 g/mol. The molecule has 108 valence electrons. The van der Waals surface area contributed by atoms with Gasteiger partial charge in [0, 0.05) is 6.54 Å². The molecule has 1 fully saturated rings. The van der Waals surface area contributed by atoms with E-state index in [2.05, 4.69) is 36.4 Å². The predicted molar refractivity (Wildman–Crippen MR) is 81.4 cm³/mol. The largest absolute Gasteiger partial charge is 0.338 e. The third-order valence-corrected chi connectivity index (χ3v) is 3.46. The highest BCUT2D eigenvalue weighted by molar-refractivity contribution is 6.09. The van der Waals surface area contributed by atoms with E-state index in [-0.39, 0.29) is 5.91 Å². The fourth-order valence-electron chi connectivity index (χ4n) is 2.48. The lowest BCUT2D eigenvalue weighted by Crippen LogP contribution is -2.43. The summed E-state index contributed by atoms with van der Waals surface area (Å²) in [5, 5.41) is 6.20. The van der Waals surface area contributed by atoms with Crippen LogP contribution in [0, 0.1) is 5.92 Å². The van der Waals surface area contributed by atoms with Gasteiger partial charge in [0.05, 0.1) is 0 Å². The smallest absolute Gasteiger partial charge is 0.257 e. The zero-order valence-corrected chi connectivity index (χ0v) is 12.4. The van der Waals surface area contributed by atoms with Crippen molar-refractivity contribution < 1.29 is 4.79 Å². The Morgan fingerprint density at radius 2 is 1.95 bits per heavy atom. The van der Waals surface area contributed by atoms with Crippen LogP contribution in [0.25, 0.3) is 0 Å². The summed E-state index contributed by atoms with van der Waals surface area (Å²) in [4.78, 5) is 16.9. The van der Waals surface area contributed by atoms with Crippen LogP contribution in [0.5, 0.6) is 0 Å². The van der Waals surface area contributed by atoms with Crippen LogP contribution < -0.4 is 10.6 Å². The van der Waals surface area contributed by atoms with Gasteiger partial charge in [-0.15, -0.1) is 0 Å². The molecule has 1 amide bonds. The number of benzene rings is 1. The van der Waals surface area contributed by atoms with Crippen LogP contribution >= 0.6 is 0 Å². The molecule has 1 aromatic carbocycles. The monoisotopic (exact) mass is 273 g/mol. The number of amides is 1. The third-order valence-electron chi connectivity index (χ3n) is 3.46. The standard InChI is InChI=1S/C16H23N3O/c1-4-10-16(13-8-6-5-7-9-13)14(20)18-15(19-16)17-11-12(2)3/h5-9,12H,4,10-11H2,1-3H3,(H2,17,18,19,20). The Bertz CT molecular complexity index is 496. The summed E-state index contributed by atoms with van der Waals surface area (Å²) in [6.07, 6.45) is 1.68. The van der Waals surface area contributed by atoms with E-state index in [1.165, 1.54) is 0 Å². The Kier molecular flexibility index (Phi) is 4.42. The van der Waals surface area contributed by atoms with Crippen LogP contribution in [0.1, 0.15) is 39.2 Å². The van der Waals surface area contributed by atoms with Gasteiger partial charge >= 0.3 is 0 Å². The van der Waals surface area contributed by atoms with E-state index in [0.29, 0.717) is 18.4 Å². The second-order valence-electron chi connectivity index (χ2n) is 5.68. The van der Waals surface area contributed by atoms with E-state index >= 15 is 0 Å². The highest BCUT2D eigenvalue weighted by atomic mass is 16.2. The Labute approximate surface area is 120 Å². The van der Waals surface area contributed by atoms with E-state index < -0.39 is 5.54 Å². The lowest BCUT2D eigenvalue weighted by molar-refractivity contribution is -0.124. The van der Waals surface area contributed by atoms with Crippen LogP contribution in [-0.4, -0.2) is 18.4 Å². The van der Waals surface area contributed by atoms with Crippen molar-refractivity contribution in [1.82, 2.24) is 10.6 Å². The molecule has 4 heteroatoms. The summed E-state index contributed by atoms with van der Waals surface area (Å²) < 4.78 is 0. The van der Waals surface area contributed by atoms with Gasteiger partial charge in [-0.25, -0.2) is 0 Å². The summed E-state index contributed by atoms with van der Waals surface area (Å²) >= 11 is 0. The first-order chi connectivity index (χ1) is 9.58. The number of aliphatic imine (C=N–C) groups is 1. The van der Waals surface area contributed by atoms with Crippen molar-refractivity contribution >= 4 is 11.9 Å². The van der Waals surface area contributed by atoms with Gasteiger partial charge < -0.3 is 5.32 Å². The molecule has 0 aliphatic carbocycles. The molecule has 4 nitrogen and oxygen atoms in total. The highest BCUT2D eigenvalue weighted by Gasteiger charge is 2.45. The zero-order chi connectivity index (χ0) is 14.6. The van der Waals surface area contributed by atoms with Crippen LogP contribution in [-0.2, 0) is 10.3 Å². The van der Waals surface area contributed by atoms with Crippen molar-refractivity contribution in [3.05, 3.63) is 35.9 Å². The first kappa shape index (κ1) is 14.6. The van der Waals surface area contributed by atoms with E-state index in [1.807, 2.05) is 30.3 Å². The van der Waals surface area contributed by atoms with Crippen molar-refractivity contribution in [1.29, 1.82) is 0 Å². The van der Waals surface area contributed by atoms with Gasteiger partial charge in [0.2, 0.25) is 0 Å². The average Bonchev–Trinajstić information content (AvgIpc) is 2.76. The molecule has 0 saturated carbocycles. The van der Waals surface area contributed by atoms with Crippen molar-refractivity contribution in [3.8, 4) is 0 Å². The minimum Gasteiger partial charge on any atom is -0.338 e. The first-order valence-corrected chi connectivity index (χ1v) is 7.28. The number of rotatable bonds is 5. The molecule has 1 aliphatic rings. The Morgan fingerprint density at radius 3 is 2.55 bits per heavy atom. The molecule has 1 aliphatic heterocycles. The summed E-state index contributed by atoms with van der Waals surface area (Å²) in [7, 11) is 0. The number of nitrogens with one attached hydrogen (secondary N) is 2. The van der Waals surface area contributed by atoms with Crippen LogP contribution in [0.2, 0.25) is 0 Å². The molecule has 1 aromatic rings. The van der Waals surface area contributed by atoms with E-state index in [0.717, 1.165) is 18.4 Å². The minimum absolute atomic E-state index is 0.00643. The number of hydrogen-bond acceptors (Lipinski definition) is 2. The molecule has 1 unspecified atom stereocenters. The second-order valence-corrected chi connectivity index (χ2v) is 5.68. The number of carbonyl (C=O) groups is 1. The molecule has 1 saturated heterocycles. The molecule has 1 atom stereocenters. The summed E-state index contributed by atoms with van der Waals surface area (Å²) in [6, 6.07) is 9.88. The van der Waals surface area contributed by atoms with E-state index in [4.69, 9.17) is 0 Å². The number of nitrogens with zero attached hydrogens (tertiary/aromatic N) is 1. The Morgan fingerprint density at radius 1 is 1.25 bits per heavy atom. The fraction of sp³-hybridized carbons (Fsp3) is 0.500. The summed E-state index contributed by atoms with van der Waals surface area (Å²) in [5.41, 5.74) is 0.320. The van der Waals surface area contributed by atoms with Crippen LogP contribution in [0.15, 0.2) is 35.3 Å².